The first-order valence-corrected chi connectivity index (χ1v) is 9.22. The standard InChI is InChI=1S/C19H23NO2S/c1-15-6-5-9-18(12-15)22-13-19(21)20(17-10-11-23-14-17)16-7-3-2-4-8-16/h5-6,9-12,14,16H,2-4,7-8,13H2,1H3. The summed E-state index contributed by atoms with van der Waals surface area (Å²) in [5.74, 6) is 0.809. The second-order valence-electron chi connectivity index (χ2n) is 6.14. The van der Waals surface area contributed by atoms with E-state index in [0.29, 0.717) is 6.04 Å². The van der Waals surface area contributed by atoms with Crippen molar-refractivity contribution in [2.45, 2.75) is 45.1 Å². The van der Waals surface area contributed by atoms with Gasteiger partial charge in [0.1, 0.15) is 5.75 Å². The zero-order chi connectivity index (χ0) is 16.1. The molecular formula is C19H23NO2S. The summed E-state index contributed by atoms with van der Waals surface area (Å²) in [5, 5.41) is 4.08. The van der Waals surface area contributed by atoms with Gasteiger partial charge in [-0.05, 0) is 48.9 Å². The molecule has 1 amide bonds. The monoisotopic (exact) mass is 329 g/mol. The fourth-order valence-electron chi connectivity index (χ4n) is 3.21. The lowest BCUT2D eigenvalue weighted by Gasteiger charge is -2.33. The minimum absolute atomic E-state index is 0.0526. The van der Waals surface area contributed by atoms with E-state index in [9.17, 15) is 4.79 Å². The van der Waals surface area contributed by atoms with Crippen molar-refractivity contribution in [3.63, 3.8) is 0 Å². The third-order valence-electron chi connectivity index (χ3n) is 4.34. The lowest BCUT2D eigenvalue weighted by molar-refractivity contribution is -0.121. The van der Waals surface area contributed by atoms with Crippen LogP contribution >= 0.6 is 11.3 Å². The summed E-state index contributed by atoms with van der Waals surface area (Å²) < 4.78 is 5.73. The average molecular weight is 329 g/mol. The molecule has 0 saturated heterocycles. The SMILES string of the molecule is Cc1cccc(OCC(=O)N(c2ccsc2)C2CCCCC2)c1. The molecule has 0 unspecified atom stereocenters. The smallest absolute Gasteiger partial charge is 0.265 e. The number of ether oxygens (including phenoxy) is 1. The Kier molecular flexibility index (Phi) is 5.34. The number of hydrogen-bond acceptors (Lipinski definition) is 3. The first-order chi connectivity index (χ1) is 11.2. The molecule has 0 radical (unpaired) electrons. The van der Waals surface area contributed by atoms with Crippen LogP contribution in [0.25, 0.3) is 0 Å². The van der Waals surface area contributed by atoms with Gasteiger partial charge in [0.15, 0.2) is 6.61 Å². The van der Waals surface area contributed by atoms with Crippen molar-refractivity contribution in [3.05, 3.63) is 46.7 Å². The van der Waals surface area contributed by atoms with Gasteiger partial charge < -0.3 is 9.64 Å². The van der Waals surface area contributed by atoms with Gasteiger partial charge >= 0.3 is 0 Å². The van der Waals surface area contributed by atoms with Gasteiger partial charge in [-0.2, -0.15) is 11.3 Å². The Morgan fingerprint density at radius 2 is 2.09 bits per heavy atom. The number of nitrogens with zero attached hydrogens (tertiary/aromatic N) is 1. The van der Waals surface area contributed by atoms with Crippen LogP contribution in [0.3, 0.4) is 0 Å². The van der Waals surface area contributed by atoms with E-state index in [0.717, 1.165) is 29.8 Å². The fourth-order valence-corrected chi connectivity index (χ4v) is 3.84. The van der Waals surface area contributed by atoms with Crippen LogP contribution in [-0.2, 0) is 4.79 Å². The van der Waals surface area contributed by atoms with Crippen LogP contribution in [0.4, 0.5) is 5.69 Å². The van der Waals surface area contributed by atoms with Crippen LogP contribution in [0.5, 0.6) is 5.75 Å². The maximum atomic E-state index is 12.8. The Labute approximate surface area is 141 Å². The van der Waals surface area contributed by atoms with Crippen molar-refractivity contribution in [2.24, 2.45) is 0 Å². The molecule has 0 atom stereocenters. The van der Waals surface area contributed by atoms with E-state index < -0.39 is 0 Å². The number of thiophene rings is 1. The van der Waals surface area contributed by atoms with E-state index in [1.54, 1.807) is 11.3 Å². The average Bonchev–Trinajstić information content (AvgIpc) is 3.08. The highest BCUT2D eigenvalue weighted by atomic mass is 32.1. The number of amides is 1. The maximum absolute atomic E-state index is 12.8. The molecule has 2 aromatic rings. The van der Waals surface area contributed by atoms with Crippen molar-refractivity contribution in [1.29, 1.82) is 0 Å². The van der Waals surface area contributed by atoms with Crippen molar-refractivity contribution >= 4 is 22.9 Å². The molecule has 122 valence electrons. The number of hydrogen-bond donors (Lipinski definition) is 0. The topological polar surface area (TPSA) is 29.5 Å². The summed E-state index contributed by atoms with van der Waals surface area (Å²) in [7, 11) is 0. The van der Waals surface area contributed by atoms with Gasteiger partial charge in [0, 0.05) is 11.4 Å². The van der Waals surface area contributed by atoms with Crippen LogP contribution in [0.2, 0.25) is 0 Å². The largest absolute Gasteiger partial charge is 0.484 e. The molecule has 1 aliphatic rings. The molecule has 0 aliphatic heterocycles. The van der Waals surface area contributed by atoms with E-state index in [1.807, 2.05) is 47.5 Å². The number of rotatable bonds is 5. The number of aryl methyl sites for hydroxylation is 1. The van der Waals surface area contributed by atoms with Crippen molar-refractivity contribution < 1.29 is 9.53 Å². The lowest BCUT2D eigenvalue weighted by atomic mass is 9.94. The van der Waals surface area contributed by atoms with Crippen LogP contribution in [0.15, 0.2) is 41.1 Å². The van der Waals surface area contributed by atoms with E-state index in [4.69, 9.17) is 4.74 Å². The molecular weight excluding hydrogens is 306 g/mol. The maximum Gasteiger partial charge on any atom is 0.265 e. The Morgan fingerprint density at radius 1 is 1.26 bits per heavy atom. The van der Waals surface area contributed by atoms with Gasteiger partial charge in [-0.15, -0.1) is 0 Å². The fraction of sp³-hybridized carbons (Fsp3) is 0.421. The van der Waals surface area contributed by atoms with E-state index >= 15 is 0 Å². The third kappa shape index (κ3) is 4.14. The molecule has 1 heterocycles. The van der Waals surface area contributed by atoms with Crippen LogP contribution < -0.4 is 9.64 Å². The summed E-state index contributed by atoms with van der Waals surface area (Å²) in [4.78, 5) is 14.8. The van der Waals surface area contributed by atoms with Crippen LogP contribution in [0.1, 0.15) is 37.7 Å². The molecule has 0 bridgehead atoms. The molecule has 1 aromatic carbocycles. The number of anilines is 1. The Morgan fingerprint density at radius 3 is 2.78 bits per heavy atom. The zero-order valence-electron chi connectivity index (χ0n) is 13.5. The van der Waals surface area contributed by atoms with E-state index in [2.05, 4.69) is 5.38 Å². The molecule has 0 spiro atoms. The Hall–Kier alpha value is -1.81. The van der Waals surface area contributed by atoms with Gasteiger partial charge in [-0.3, -0.25) is 4.79 Å². The minimum Gasteiger partial charge on any atom is -0.484 e. The number of carbonyl (C=O) groups is 1. The molecule has 1 aliphatic carbocycles. The molecule has 4 heteroatoms. The molecule has 1 saturated carbocycles. The second kappa shape index (κ2) is 7.64. The molecule has 0 N–H and O–H groups in total. The van der Waals surface area contributed by atoms with Gasteiger partial charge in [0.05, 0.1) is 5.69 Å². The van der Waals surface area contributed by atoms with E-state index in [1.165, 1.54) is 19.3 Å². The highest BCUT2D eigenvalue weighted by Gasteiger charge is 2.27. The highest BCUT2D eigenvalue weighted by Crippen LogP contribution is 2.29. The van der Waals surface area contributed by atoms with Crippen molar-refractivity contribution in [3.8, 4) is 5.75 Å². The van der Waals surface area contributed by atoms with E-state index in [-0.39, 0.29) is 12.5 Å². The number of carbonyl (C=O) groups excluding carboxylic acids is 1. The summed E-state index contributed by atoms with van der Waals surface area (Å²) in [6.07, 6.45) is 5.87. The van der Waals surface area contributed by atoms with Gasteiger partial charge in [0.2, 0.25) is 0 Å². The Balaban J connectivity index is 1.70. The number of benzene rings is 1. The molecule has 23 heavy (non-hydrogen) atoms. The molecule has 1 aromatic heterocycles. The minimum atomic E-state index is 0.0526. The third-order valence-corrected chi connectivity index (χ3v) is 5.02. The molecule has 3 nitrogen and oxygen atoms in total. The Bertz CT molecular complexity index is 633. The summed E-state index contributed by atoms with van der Waals surface area (Å²) in [6, 6.07) is 10.2. The zero-order valence-corrected chi connectivity index (χ0v) is 14.3. The van der Waals surface area contributed by atoms with Crippen LogP contribution in [-0.4, -0.2) is 18.6 Å². The summed E-state index contributed by atoms with van der Waals surface area (Å²) in [6.45, 7) is 2.12. The summed E-state index contributed by atoms with van der Waals surface area (Å²) >= 11 is 1.63. The molecule has 1 fully saturated rings. The first kappa shape index (κ1) is 16.1. The predicted molar refractivity (Wildman–Crippen MR) is 95.4 cm³/mol. The van der Waals surface area contributed by atoms with Gasteiger partial charge in [-0.1, -0.05) is 31.4 Å². The normalized spacial score (nSPS) is 15.3. The van der Waals surface area contributed by atoms with Gasteiger partial charge in [-0.25, -0.2) is 0 Å². The van der Waals surface area contributed by atoms with Crippen molar-refractivity contribution in [1.82, 2.24) is 0 Å². The predicted octanol–water partition coefficient (Wildman–Crippen LogP) is 4.80. The summed E-state index contributed by atoms with van der Waals surface area (Å²) in [5.41, 5.74) is 2.15. The lowest BCUT2D eigenvalue weighted by Crippen LogP contribution is -2.43. The first-order valence-electron chi connectivity index (χ1n) is 8.28. The van der Waals surface area contributed by atoms with Crippen molar-refractivity contribution in [2.75, 3.05) is 11.5 Å². The molecule has 3 rings (SSSR count). The quantitative estimate of drug-likeness (QED) is 0.788. The van der Waals surface area contributed by atoms with Gasteiger partial charge in [0.25, 0.3) is 5.91 Å². The highest BCUT2D eigenvalue weighted by molar-refractivity contribution is 7.08. The second-order valence-corrected chi connectivity index (χ2v) is 6.92. The van der Waals surface area contributed by atoms with Crippen LogP contribution in [0, 0.1) is 6.92 Å².